The Bertz CT molecular complexity index is 2080. The quantitative estimate of drug-likeness (QED) is 0.138. The minimum Gasteiger partial charge on any atom is -0.497 e. The summed E-state index contributed by atoms with van der Waals surface area (Å²) in [6, 6.07) is 26.0. The lowest BCUT2D eigenvalue weighted by molar-refractivity contribution is -0.146. The summed E-state index contributed by atoms with van der Waals surface area (Å²) >= 11 is 1.72. The van der Waals surface area contributed by atoms with Crippen LogP contribution < -0.4 is 9.47 Å². The van der Waals surface area contributed by atoms with Gasteiger partial charge in [-0.15, -0.1) is 11.8 Å². The van der Waals surface area contributed by atoms with Gasteiger partial charge >= 0.3 is 5.97 Å². The minimum atomic E-state index is -1.01. The molecule has 6 rings (SSSR count). The van der Waals surface area contributed by atoms with Gasteiger partial charge in [-0.05, 0) is 55.8 Å². The number of thioether (sulfide) groups is 1. The van der Waals surface area contributed by atoms with Gasteiger partial charge in [-0.3, -0.25) is 9.78 Å². The van der Waals surface area contributed by atoms with Crippen LogP contribution >= 0.6 is 11.8 Å². The molecule has 0 amide bonds. The topological polar surface area (TPSA) is 99.4 Å². The highest BCUT2D eigenvalue weighted by Crippen LogP contribution is 2.43. The zero-order chi connectivity index (χ0) is 34.1. The Labute approximate surface area is 285 Å². The van der Waals surface area contributed by atoms with Gasteiger partial charge in [-0.2, -0.15) is 0 Å². The van der Waals surface area contributed by atoms with Crippen LogP contribution in [-0.4, -0.2) is 42.5 Å². The summed E-state index contributed by atoms with van der Waals surface area (Å²) in [5.41, 5.74) is 5.29. The molecule has 1 N–H and O–H groups in total. The first-order valence-corrected chi connectivity index (χ1v) is 16.7. The molecule has 0 unspecified atom stereocenters. The van der Waals surface area contributed by atoms with Gasteiger partial charge in [0.15, 0.2) is 0 Å². The number of rotatable bonds is 11. The third-order valence-corrected chi connectivity index (χ3v) is 9.41. The number of aromatic nitrogens is 4. The molecule has 8 nitrogen and oxygen atoms in total. The fourth-order valence-corrected chi connectivity index (χ4v) is 6.72. The van der Waals surface area contributed by atoms with Gasteiger partial charge in [0.1, 0.15) is 23.8 Å². The minimum absolute atomic E-state index is 0.147. The number of carbonyl (C=O) groups is 1. The largest absolute Gasteiger partial charge is 0.497 e. The summed E-state index contributed by atoms with van der Waals surface area (Å²) < 4.78 is 13.5. The van der Waals surface area contributed by atoms with Crippen LogP contribution in [0.15, 0.2) is 96.2 Å². The van der Waals surface area contributed by atoms with Gasteiger partial charge in [-0.1, -0.05) is 63.2 Å². The van der Waals surface area contributed by atoms with Gasteiger partial charge in [0.05, 0.1) is 42.2 Å². The van der Waals surface area contributed by atoms with E-state index < -0.39 is 11.4 Å². The Morgan fingerprint density at radius 3 is 2.27 bits per heavy atom. The van der Waals surface area contributed by atoms with Crippen molar-refractivity contribution in [3.05, 3.63) is 108 Å². The van der Waals surface area contributed by atoms with E-state index in [1.807, 2.05) is 72.9 Å². The van der Waals surface area contributed by atoms with Crippen molar-refractivity contribution >= 4 is 39.7 Å². The number of methoxy groups -OCH3 is 1. The summed E-state index contributed by atoms with van der Waals surface area (Å²) in [4.78, 5) is 27.9. The SMILES string of the molecule is COc1ccc(-c2ccc(Cn3c(CC(C)(C)C(=O)O)c(SC(C)(C)C)c4cc(OCc5ccc6ccccc6n5)cnc43)nc2)cc1. The van der Waals surface area contributed by atoms with Crippen LogP contribution in [0.3, 0.4) is 0 Å². The van der Waals surface area contributed by atoms with Crippen molar-refractivity contribution in [2.75, 3.05) is 7.11 Å². The highest BCUT2D eigenvalue weighted by Gasteiger charge is 2.33. The Balaban J connectivity index is 1.38. The number of benzene rings is 2. The first kappa shape index (κ1) is 33.0. The molecular formula is C39H40N4O4S. The number of hydrogen-bond acceptors (Lipinski definition) is 7. The second-order valence-corrected chi connectivity index (χ2v) is 15.4. The molecule has 0 aliphatic rings. The molecule has 6 aromatic rings. The predicted molar refractivity (Wildman–Crippen MR) is 192 cm³/mol. The zero-order valence-electron chi connectivity index (χ0n) is 28.2. The van der Waals surface area contributed by atoms with Crippen molar-refractivity contribution < 1.29 is 19.4 Å². The highest BCUT2D eigenvalue weighted by atomic mass is 32.2. The van der Waals surface area contributed by atoms with Crippen LogP contribution in [0.1, 0.15) is 51.7 Å². The van der Waals surface area contributed by atoms with Gasteiger partial charge in [0, 0.05) is 44.3 Å². The van der Waals surface area contributed by atoms with Crippen molar-refractivity contribution in [3.63, 3.8) is 0 Å². The number of fused-ring (bicyclic) bond motifs is 2. The molecule has 0 saturated carbocycles. The van der Waals surface area contributed by atoms with Gasteiger partial charge < -0.3 is 19.1 Å². The van der Waals surface area contributed by atoms with Crippen LogP contribution in [0, 0.1) is 5.41 Å². The number of carboxylic acid groups (broad SMARTS) is 1. The van der Waals surface area contributed by atoms with Crippen LogP contribution in [0.4, 0.5) is 0 Å². The number of hydrogen-bond donors (Lipinski definition) is 1. The maximum Gasteiger partial charge on any atom is 0.309 e. The molecular weight excluding hydrogens is 621 g/mol. The summed E-state index contributed by atoms with van der Waals surface area (Å²) in [6.07, 6.45) is 3.92. The number of aliphatic carboxylic acids is 1. The van der Waals surface area contributed by atoms with E-state index in [2.05, 4.69) is 37.5 Å². The number of nitrogens with zero attached hydrogens (tertiary/aromatic N) is 4. The predicted octanol–water partition coefficient (Wildman–Crippen LogP) is 8.83. The fraction of sp³-hybridized carbons (Fsp3) is 0.282. The van der Waals surface area contributed by atoms with E-state index in [-0.39, 0.29) is 4.75 Å². The molecule has 0 radical (unpaired) electrons. The van der Waals surface area contributed by atoms with Crippen molar-refractivity contribution in [2.24, 2.45) is 5.41 Å². The normalized spacial score (nSPS) is 12.0. The molecule has 0 aliphatic carbocycles. The van der Waals surface area contributed by atoms with E-state index >= 15 is 0 Å². The summed E-state index contributed by atoms with van der Waals surface area (Å²) in [7, 11) is 1.65. The van der Waals surface area contributed by atoms with Crippen molar-refractivity contribution in [2.45, 2.75) is 63.8 Å². The molecule has 0 atom stereocenters. The van der Waals surface area contributed by atoms with E-state index in [9.17, 15) is 9.90 Å². The first-order valence-electron chi connectivity index (χ1n) is 15.9. The average molecular weight is 661 g/mol. The van der Waals surface area contributed by atoms with Crippen LogP contribution in [0.5, 0.6) is 11.5 Å². The van der Waals surface area contributed by atoms with Gasteiger partial charge in [0.25, 0.3) is 0 Å². The second-order valence-electron chi connectivity index (χ2n) is 13.5. The summed E-state index contributed by atoms with van der Waals surface area (Å²) in [6.45, 7) is 10.7. The lowest BCUT2D eigenvalue weighted by Gasteiger charge is -2.24. The third kappa shape index (κ3) is 7.31. The Morgan fingerprint density at radius 1 is 0.854 bits per heavy atom. The molecule has 0 bridgehead atoms. The highest BCUT2D eigenvalue weighted by molar-refractivity contribution is 8.00. The average Bonchev–Trinajstić information content (AvgIpc) is 3.33. The standard InChI is InChI=1S/C39H40N4O4S/c1-38(2,3)48-35-32-19-31(47-24-29-16-11-26-9-7-8-10-33(26)42-29)22-41-36(32)43(34(35)20-39(4,5)37(44)45)23-28-15-12-27(21-40-28)25-13-17-30(46-6)18-14-25/h7-19,21-22H,20,23-24H2,1-6H3,(H,44,45). The lowest BCUT2D eigenvalue weighted by Crippen LogP contribution is -2.28. The molecule has 4 heterocycles. The number of para-hydroxylation sites is 1. The maximum atomic E-state index is 12.4. The Kier molecular flexibility index (Phi) is 9.16. The van der Waals surface area contributed by atoms with E-state index in [1.54, 1.807) is 38.9 Å². The van der Waals surface area contributed by atoms with Crippen molar-refractivity contribution in [3.8, 4) is 22.6 Å². The number of pyridine rings is 3. The van der Waals surface area contributed by atoms with Crippen molar-refractivity contribution in [1.29, 1.82) is 0 Å². The first-order chi connectivity index (χ1) is 22.9. The van der Waals surface area contributed by atoms with E-state index in [1.165, 1.54) is 0 Å². The zero-order valence-corrected chi connectivity index (χ0v) is 29.0. The molecule has 0 fully saturated rings. The second kappa shape index (κ2) is 13.3. The smallest absolute Gasteiger partial charge is 0.309 e. The molecule has 48 heavy (non-hydrogen) atoms. The number of carboxylic acids is 1. The monoisotopic (exact) mass is 660 g/mol. The molecule has 9 heteroatoms. The molecule has 0 spiro atoms. The maximum absolute atomic E-state index is 12.4. The molecule has 0 saturated heterocycles. The lowest BCUT2D eigenvalue weighted by atomic mass is 9.88. The third-order valence-electron chi connectivity index (χ3n) is 8.14. The van der Waals surface area contributed by atoms with Gasteiger partial charge in [-0.25, -0.2) is 9.97 Å². The molecule has 246 valence electrons. The fourth-order valence-electron chi connectivity index (χ4n) is 5.55. The summed E-state index contributed by atoms with van der Waals surface area (Å²) in [5.74, 6) is 0.569. The Morgan fingerprint density at radius 2 is 1.58 bits per heavy atom. The van der Waals surface area contributed by atoms with Crippen LogP contribution in [-0.2, 0) is 24.4 Å². The van der Waals surface area contributed by atoms with E-state index in [0.29, 0.717) is 25.3 Å². The number of ether oxygens (including phenoxy) is 2. The molecule has 4 aromatic heterocycles. The van der Waals surface area contributed by atoms with Crippen LogP contribution in [0.25, 0.3) is 33.1 Å². The summed E-state index contributed by atoms with van der Waals surface area (Å²) in [5, 5.41) is 12.2. The Hall–Kier alpha value is -4.89. The van der Waals surface area contributed by atoms with Crippen LogP contribution in [0.2, 0.25) is 0 Å². The van der Waals surface area contributed by atoms with Crippen molar-refractivity contribution in [1.82, 2.24) is 19.5 Å². The van der Waals surface area contributed by atoms with Gasteiger partial charge in [0.2, 0.25) is 0 Å². The van der Waals surface area contributed by atoms with E-state index in [0.717, 1.165) is 60.8 Å². The molecule has 0 aliphatic heterocycles. The van der Waals surface area contributed by atoms with E-state index in [4.69, 9.17) is 24.4 Å². The molecule has 2 aromatic carbocycles.